The molecule has 1 aliphatic carbocycles. The molecule has 19 heavy (non-hydrogen) atoms. The van der Waals surface area contributed by atoms with Crippen LogP contribution in [0, 0.1) is 0 Å². The van der Waals surface area contributed by atoms with Crippen LogP contribution in [0.15, 0.2) is 18.3 Å². The second-order valence-electron chi connectivity index (χ2n) is 4.76. The van der Waals surface area contributed by atoms with Crippen molar-refractivity contribution in [3.05, 3.63) is 23.4 Å². The molecule has 0 amide bonds. The number of fused-ring (bicyclic) bond motifs is 1. The Hall–Kier alpha value is -0.940. The highest BCUT2D eigenvalue weighted by Crippen LogP contribution is 2.31. The summed E-state index contributed by atoms with van der Waals surface area (Å²) >= 11 is 7.98. The third kappa shape index (κ3) is 2.82. The van der Waals surface area contributed by atoms with Crippen LogP contribution in [0.2, 0.25) is 5.02 Å². The van der Waals surface area contributed by atoms with Gasteiger partial charge in [-0.1, -0.05) is 24.9 Å². The van der Waals surface area contributed by atoms with E-state index in [1.54, 1.807) is 10.7 Å². The zero-order valence-corrected chi connectivity index (χ0v) is 12.4. The molecule has 1 fully saturated rings. The molecular weight excluding hydrogens is 280 g/mol. The van der Waals surface area contributed by atoms with Crippen molar-refractivity contribution in [2.24, 2.45) is 0 Å². The summed E-state index contributed by atoms with van der Waals surface area (Å²) in [5.74, 6) is 1.87. The summed E-state index contributed by atoms with van der Waals surface area (Å²) in [6.07, 6.45) is 5.56. The van der Waals surface area contributed by atoms with Crippen molar-refractivity contribution in [3.63, 3.8) is 0 Å². The third-order valence-electron chi connectivity index (χ3n) is 3.44. The van der Waals surface area contributed by atoms with Gasteiger partial charge in [0, 0.05) is 17.5 Å². The van der Waals surface area contributed by atoms with Crippen molar-refractivity contribution >= 4 is 35.0 Å². The van der Waals surface area contributed by atoms with E-state index in [0.717, 1.165) is 11.4 Å². The number of pyridine rings is 1. The predicted octanol–water partition coefficient (Wildman–Crippen LogP) is 3.47. The molecule has 3 rings (SSSR count). The fourth-order valence-corrected chi connectivity index (χ4v) is 3.94. The zero-order chi connectivity index (χ0) is 13.2. The predicted molar refractivity (Wildman–Crippen MR) is 81.2 cm³/mol. The second-order valence-corrected chi connectivity index (χ2v) is 6.71. The van der Waals surface area contributed by atoms with Crippen LogP contribution in [0.3, 0.4) is 0 Å². The minimum atomic E-state index is 0.484. The molecule has 1 N–H and O–H groups in total. The van der Waals surface area contributed by atoms with Crippen LogP contribution >= 0.6 is 23.4 Å². The first kappa shape index (κ1) is 13.1. The van der Waals surface area contributed by atoms with Gasteiger partial charge in [-0.25, -0.2) is 4.52 Å². The average Bonchev–Trinajstić information content (AvgIpc) is 2.97. The van der Waals surface area contributed by atoms with Gasteiger partial charge in [-0.2, -0.15) is 16.7 Å². The summed E-state index contributed by atoms with van der Waals surface area (Å²) in [5, 5.41) is 9.26. The molecule has 4 nitrogen and oxygen atoms in total. The van der Waals surface area contributed by atoms with E-state index >= 15 is 0 Å². The fourth-order valence-electron chi connectivity index (χ4n) is 2.59. The summed E-state index contributed by atoms with van der Waals surface area (Å²) in [6.45, 7) is 2.21. The number of halogens is 1. The van der Waals surface area contributed by atoms with Gasteiger partial charge in [0.05, 0.1) is 5.02 Å². The highest BCUT2D eigenvalue weighted by Gasteiger charge is 2.27. The van der Waals surface area contributed by atoms with Crippen LogP contribution < -0.4 is 5.32 Å². The van der Waals surface area contributed by atoms with Crippen LogP contribution in [0.25, 0.3) is 5.65 Å². The first-order valence-electron chi connectivity index (χ1n) is 6.66. The zero-order valence-electron chi connectivity index (χ0n) is 10.8. The minimum absolute atomic E-state index is 0.484. The van der Waals surface area contributed by atoms with Crippen molar-refractivity contribution < 1.29 is 0 Å². The molecule has 1 saturated carbocycles. The Bertz CT molecular complexity index is 571. The molecule has 2 aromatic heterocycles. The van der Waals surface area contributed by atoms with E-state index in [1.807, 2.05) is 23.9 Å². The average molecular weight is 297 g/mol. The van der Waals surface area contributed by atoms with Gasteiger partial charge < -0.3 is 5.32 Å². The number of aromatic nitrogens is 3. The molecule has 0 spiro atoms. The second kappa shape index (κ2) is 5.59. The van der Waals surface area contributed by atoms with E-state index in [2.05, 4.69) is 22.3 Å². The molecule has 0 saturated heterocycles. The fraction of sp³-hybridized carbons (Fsp3) is 0.538. The maximum absolute atomic E-state index is 5.95. The quantitative estimate of drug-likeness (QED) is 0.938. The Kier molecular flexibility index (Phi) is 3.84. The number of hydrogen-bond acceptors (Lipinski definition) is 4. The lowest BCUT2D eigenvalue weighted by molar-refractivity contribution is 0.754. The van der Waals surface area contributed by atoms with Crippen molar-refractivity contribution in [2.75, 3.05) is 11.1 Å². The van der Waals surface area contributed by atoms with Crippen molar-refractivity contribution in [1.82, 2.24) is 14.6 Å². The molecule has 0 aliphatic heterocycles. The molecule has 0 bridgehead atoms. The van der Waals surface area contributed by atoms with Gasteiger partial charge in [-0.3, -0.25) is 0 Å². The Labute approximate surface area is 121 Å². The summed E-state index contributed by atoms with van der Waals surface area (Å²) < 4.78 is 1.72. The highest BCUT2D eigenvalue weighted by molar-refractivity contribution is 7.99. The van der Waals surface area contributed by atoms with Crippen molar-refractivity contribution in [1.29, 1.82) is 0 Å². The molecule has 0 radical (unpaired) electrons. The Morgan fingerprint density at radius 2 is 2.37 bits per heavy atom. The van der Waals surface area contributed by atoms with Gasteiger partial charge in [-0.05, 0) is 30.7 Å². The van der Waals surface area contributed by atoms with Gasteiger partial charge in [-0.15, -0.1) is 5.10 Å². The number of thioether (sulfide) groups is 1. The normalized spacial score (nSPS) is 23.1. The maximum atomic E-state index is 5.95. The number of anilines is 1. The number of nitrogens with one attached hydrogen (secondary N) is 1. The largest absolute Gasteiger partial charge is 0.349 e. The molecule has 2 unspecified atom stereocenters. The van der Waals surface area contributed by atoms with Crippen LogP contribution in [0.1, 0.15) is 26.2 Å². The van der Waals surface area contributed by atoms with Gasteiger partial charge in [0.2, 0.25) is 5.95 Å². The lowest BCUT2D eigenvalue weighted by atomic mass is 10.2. The number of rotatable bonds is 4. The van der Waals surface area contributed by atoms with Gasteiger partial charge in [0.25, 0.3) is 0 Å². The summed E-state index contributed by atoms with van der Waals surface area (Å²) in [6, 6.07) is 4.20. The van der Waals surface area contributed by atoms with Crippen LogP contribution in [0.5, 0.6) is 0 Å². The van der Waals surface area contributed by atoms with E-state index in [9.17, 15) is 0 Å². The standard InChI is InChI=1S/C13H17ClN4S/c1-2-19-11-5-3-4-10(11)15-13-16-12-7-6-9(14)8-18(12)17-13/h6-8,10-11H,2-5H2,1H3,(H,15,17). The topological polar surface area (TPSA) is 42.2 Å². The van der Waals surface area contributed by atoms with Crippen LogP contribution in [0.4, 0.5) is 5.95 Å². The highest BCUT2D eigenvalue weighted by atomic mass is 35.5. The van der Waals surface area contributed by atoms with E-state index in [-0.39, 0.29) is 0 Å². The lowest BCUT2D eigenvalue weighted by Gasteiger charge is -2.18. The van der Waals surface area contributed by atoms with Crippen LogP contribution in [-0.4, -0.2) is 31.6 Å². The summed E-state index contributed by atoms with van der Waals surface area (Å²) in [7, 11) is 0. The van der Waals surface area contributed by atoms with E-state index in [0.29, 0.717) is 22.3 Å². The molecular formula is C13H17ClN4S. The molecule has 2 atom stereocenters. The van der Waals surface area contributed by atoms with Gasteiger partial charge in [0.15, 0.2) is 5.65 Å². The summed E-state index contributed by atoms with van der Waals surface area (Å²) in [4.78, 5) is 4.48. The molecule has 2 heterocycles. The number of hydrogen-bond donors (Lipinski definition) is 1. The van der Waals surface area contributed by atoms with Crippen LogP contribution in [-0.2, 0) is 0 Å². The summed E-state index contributed by atoms with van der Waals surface area (Å²) in [5.41, 5.74) is 0.824. The molecule has 6 heteroatoms. The van der Waals surface area contributed by atoms with Gasteiger partial charge >= 0.3 is 0 Å². The van der Waals surface area contributed by atoms with E-state index in [4.69, 9.17) is 11.6 Å². The Balaban J connectivity index is 1.77. The number of nitrogens with zero attached hydrogens (tertiary/aromatic N) is 3. The Morgan fingerprint density at radius 1 is 1.47 bits per heavy atom. The smallest absolute Gasteiger partial charge is 0.243 e. The van der Waals surface area contributed by atoms with Gasteiger partial charge in [0.1, 0.15) is 0 Å². The lowest BCUT2D eigenvalue weighted by Crippen LogP contribution is -2.26. The monoisotopic (exact) mass is 296 g/mol. The van der Waals surface area contributed by atoms with E-state index < -0.39 is 0 Å². The third-order valence-corrected chi connectivity index (χ3v) is 4.99. The SMILES string of the molecule is CCSC1CCCC1Nc1nc2ccc(Cl)cn2n1. The first-order chi connectivity index (χ1) is 9.26. The van der Waals surface area contributed by atoms with Crippen molar-refractivity contribution in [3.8, 4) is 0 Å². The molecule has 2 aromatic rings. The Morgan fingerprint density at radius 3 is 3.21 bits per heavy atom. The van der Waals surface area contributed by atoms with Crippen molar-refractivity contribution in [2.45, 2.75) is 37.5 Å². The minimum Gasteiger partial charge on any atom is -0.349 e. The maximum Gasteiger partial charge on any atom is 0.243 e. The molecule has 1 aliphatic rings. The molecule has 102 valence electrons. The van der Waals surface area contributed by atoms with E-state index in [1.165, 1.54) is 19.3 Å². The molecule has 0 aromatic carbocycles. The first-order valence-corrected chi connectivity index (χ1v) is 8.09.